The highest BCUT2D eigenvalue weighted by Crippen LogP contribution is 2.35. The summed E-state index contributed by atoms with van der Waals surface area (Å²) >= 11 is 0. The van der Waals surface area contributed by atoms with Crippen LogP contribution in [0.25, 0.3) is 0 Å². The molecule has 5 heteroatoms. The molecule has 0 aliphatic carbocycles. The van der Waals surface area contributed by atoms with Crippen LogP contribution in [0.15, 0.2) is 48.5 Å². The minimum Gasteiger partial charge on any atom is -0.368 e. The van der Waals surface area contributed by atoms with E-state index in [1.54, 1.807) is 0 Å². The van der Waals surface area contributed by atoms with Crippen molar-refractivity contribution in [3.63, 3.8) is 0 Å². The Morgan fingerprint density at radius 1 is 0.759 bits per heavy atom. The Hall–Kier alpha value is -2.71. The van der Waals surface area contributed by atoms with Gasteiger partial charge in [0.1, 0.15) is 0 Å². The second-order valence-corrected chi connectivity index (χ2v) is 8.68. The first-order valence-corrected chi connectivity index (χ1v) is 10.8. The van der Waals surface area contributed by atoms with Gasteiger partial charge in [0.2, 0.25) is 0 Å². The molecule has 3 heterocycles. The zero-order valence-corrected chi connectivity index (χ0v) is 17.2. The van der Waals surface area contributed by atoms with E-state index in [1.807, 2.05) is 12.1 Å². The highest BCUT2D eigenvalue weighted by molar-refractivity contribution is 5.59. The van der Waals surface area contributed by atoms with Gasteiger partial charge in [0.15, 0.2) is 0 Å². The standard InChI is InChI=1S/C24H29N5/c1-26-17-20-10-11-29(24(20)18-26)23-8-6-22(7-9-23)28-14-12-27(13-15-28)21-4-2-19(16-25)3-5-21/h2-9,20,24H,10-15,17-18H2,1H3/t20-,24+/m1/s1. The van der Waals surface area contributed by atoms with Crippen LogP contribution in [-0.2, 0) is 0 Å². The van der Waals surface area contributed by atoms with E-state index < -0.39 is 0 Å². The lowest BCUT2D eigenvalue weighted by molar-refractivity contribution is 0.386. The molecule has 5 nitrogen and oxygen atoms in total. The van der Waals surface area contributed by atoms with Gasteiger partial charge in [0.05, 0.1) is 11.6 Å². The average Bonchev–Trinajstić information content (AvgIpc) is 3.33. The molecule has 2 aromatic rings. The van der Waals surface area contributed by atoms with Gasteiger partial charge in [-0.2, -0.15) is 5.26 Å². The molecule has 3 aliphatic heterocycles. The summed E-state index contributed by atoms with van der Waals surface area (Å²) < 4.78 is 0. The van der Waals surface area contributed by atoms with Crippen LogP contribution in [0.2, 0.25) is 0 Å². The van der Waals surface area contributed by atoms with Crippen LogP contribution in [0.5, 0.6) is 0 Å². The molecule has 0 bridgehead atoms. The number of nitriles is 1. The van der Waals surface area contributed by atoms with Crippen molar-refractivity contribution >= 4 is 17.1 Å². The number of rotatable bonds is 3. The Labute approximate surface area is 173 Å². The summed E-state index contributed by atoms with van der Waals surface area (Å²) in [5, 5.41) is 8.97. The van der Waals surface area contributed by atoms with E-state index in [2.05, 4.69) is 69.1 Å². The van der Waals surface area contributed by atoms with E-state index in [-0.39, 0.29) is 0 Å². The molecule has 3 fully saturated rings. The number of likely N-dealkylation sites (N-methyl/N-ethyl adjacent to an activating group) is 1. The van der Waals surface area contributed by atoms with Crippen LogP contribution < -0.4 is 14.7 Å². The maximum absolute atomic E-state index is 8.97. The molecule has 3 aliphatic rings. The minimum atomic E-state index is 0.696. The van der Waals surface area contributed by atoms with Crippen LogP contribution in [0.4, 0.5) is 17.1 Å². The molecule has 0 unspecified atom stereocenters. The van der Waals surface area contributed by atoms with Crippen molar-refractivity contribution in [1.82, 2.24) is 4.90 Å². The Morgan fingerprint density at radius 3 is 1.90 bits per heavy atom. The van der Waals surface area contributed by atoms with Gasteiger partial charge < -0.3 is 19.6 Å². The van der Waals surface area contributed by atoms with Gasteiger partial charge in [0, 0.05) is 68.9 Å². The van der Waals surface area contributed by atoms with Crippen molar-refractivity contribution in [3.05, 3.63) is 54.1 Å². The third-order valence-electron chi connectivity index (χ3n) is 6.92. The molecule has 150 valence electrons. The van der Waals surface area contributed by atoms with Gasteiger partial charge in [0.25, 0.3) is 0 Å². The minimum absolute atomic E-state index is 0.696. The third kappa shape index (κ3) is 3.54. The van der Waals surface area contributed by atoms with Crippen LogP contribution >= 0.6 is 0 Å². The number of hydrogen-bond acceptors (Lipinski definition) is 5. The number of anilines is 3. The van der Waals surface area contributed by atoms with Crippen molar-refractivity contribution in [3.8, 4) is 6.07 Å². The smallest absolute Gasteiger partial charge is 0.0991 e. The fourth-order valence-electron chi connectivity index (χ4n) is 5.32. The molecule has 0 radical (unpaired) electrons. The molecule has 0 spiro atoms. The predicted molar refractivity (Wildman–Crippen MR) is 119 cm³/mol. The molecule has 0 aromatic heterocycles. The molecule has 5 rings (SSSR count). The summed E-state index contributed by atoms with van der Waals surface area (Å²) in [6.45, 7) is 7.72. The number of piperazine rings is 1. The third-order valence-corrected chi connectivity index (χ3v) is 6.92. The molecular weight excluding hydrogens is 358 g/mol. The van der Waals surface area contributed by atoms with Gasteiger partial charge in [-0.25, -0.2) is 0 Å². The van der Waals surface area contributed by atoms with E-state index >= 15 is 0 Å². The lowest BCUT2D eigenvalue weighted by Crippen LogP contribution is -2.46. The summed E-state index contributed by atoms with van der Waals surface area (Å²) in [6, 6.07) is 20.1. The van der Waals surface area contributed by atoms with E-state index in [9.17, 15) is 0 Å². The second-order valence-electron chi connectivity index (χ2n) is 8.68. The molecule has 0 amide bonds. The number of likely N-dealkylation sites (tertiary alicyclic amines) is 1. The SMILES string of the molecule is CN1C[C@H]2CCN(c3ccc(N4CCN(c5ccc(C#N)cc5)CC4)cc3)[C@H]2C1. The zero-order valence-electron chi connectivity index (χ0n) is 17.2. The summed E-state index contributed by atoms with van der Waals surface area (Å²) in [7, 11) is 2.25. The van der Waals surface area contributed by atoms with Crippen LogP contribution in [0, 0.1) is 17.2 Å². The van der Waals surface area contributed by atoms with Crippen LogP contribution in [0.1, 0.15) is 12.0 Å². The van der Waals surface area contributed by atoms with Crippen molar-refractivity contribution in [2.24, 2.45) is 5.92 Å². The van der Waals surface area contributed by atoms with Crippen molar-refractivity contribution < 1.29 is 0 Å². The van der Waals surface area contributed by atoms with Crippen LogP contribution in [0.3, 0.4) is 0 Å². The highest BCUT2D eigenvalue weighted by atomic mass is 15.3. The van der Waals surface area contributed by atoms with Gasteiger partial charge in [-0.15, -0.1) is 0 Å². The largest absolute Gasteiger partial charge is 0.368 e. The summed E-state index contributed by atoms with van der Waals surface area (Å²) in [5.41, 5.74) is 4.64. The first-order chi connectivity index (χ1) is 14.2. The lowest BCUT2D eigenvalue weighted by Gasteiger charge is -2.37. The molecule has 3 saturated heterocycles. The maximum Gasteiger partial charge on any atom is 0.0991 e. The lowest BCUT2D eigenvalue weighted by atomic mass is 10.0. The predicted octanol–water partition coefficient (Wildman–Crippen LogP) is 3.03. The second kappa shape index (κ2) is 7.61. The molecule has 2 atom stereocenters. The number of fused-ring (bicyclic) bond motifs is 1. The highest BCUT2D eigenvalue weighted by Gasteiger charge is 2.39. The average molecular weight is 388 g/mol. The Balaban J connectivity index is 1.21. The Morgan fingerprint density at radius 2 is 1.31 bits per heavy atom. The van der Waals surface area contributed by atoms with Gasteiger partial charge in [-0.1, -0.05) is 0 Å². The molecular formula is C24H29N5. The molecule has 29 heavy (non-hydrogen) atoms. The fraction of sp³-hybridized carbons (Fsp3) is 0.458. The fourth-order valence-corrected chi connectivity index (χ4v) is 5.32. The number of nitrogens with zero attached hydrogens (tertiary/aromatic N) is 5. The zero-order chi connectivity index (χ0) is 19.8. The van der Waals surface area contributed by atoms with Gasteiger partial charge in [-0.3, -0.25) is 0 Å². The van der Waals surface area contributed by atoms with Crippen molar-refractivity contribution in [2.45, 2.75) is 12.5 Å². The van der Waals surface area contributed by atoms with Crippen LogP contribution in [-0.4, -0.2) is 63.8 Å². The normalized spacial score (nSPS) is 24.6. The Bertz CT molecular complexity index is 877. The topological polar surface area (TPSA) is 36.8 Å². The van der Waals surface area contributed by atoms with Gasteiger partial charge in [-0.05, 0) is 67.9 Å². The first-order valence-electron chi connectivity index (χ1n) is 10.8. The number of hydrogen-bond donors (Lipinski definition) is 0. The summed E-state index contributed by atoms with van der Waals surface area (Å²) in [6.07, 6.45) is 1.33. The maximum atomic E-state index is 8.97. The van der Waals surface area contributed by atoms with Crippen molar-refractivity contribution in [2.75, 3.05) is 67.6 Å². The molecule has 0 saturated carbocycles. The molecule has 0 N–H and O–H groups in total. The Kier molecular flexibility index (Phi) is 4.81. The van der Waals surface area contributed by atoms with E-state index in [0.29, 0.717) is 6.04 Å². The van der Waals surface area contributed by atoms with E-state index in [4.69, 9.17) is 5.26 Å². The molecule has 2 aromatic carbocycles. The summed E-state index contributed by atoms with van der Waals surface area (Å²) in [4.78, 5) is 10.00. The van der Waals surface area contributed by atoms with Crippen molar-refractivity contribution in [1.29, 1.82) is 5.26 Å². The first kappa shape index (κ1) is 18.3. The monoisotopic (exact) mass is 387 g/mol. The quantitative estimate of drug-likeness (QED) is 0.809. The summed E-state index contributed by atoms with van der Waals surface area (Å²) in [5.74, 6) is 0.843. The van der Waals surface area contributed by atoms with E-state index in [1.165, 1.54) is 43.1 Å². The number of benzene rings is 2. The van der Waals surface area contributed by atoms with Gasteiger partial charge >= 0.3 is 0 Å². The van der Waals surface area contributed by atoms with E-state index in [0.717, 1.165) is 37.7 Å².